The topological polar surface area (TPSA) is 127 Å². The third-order valence-corrected chi connectivity index (χ3v) is 5.03. The molecule has 0 aliphatic rings. The average molecular weight is 443 g/mol. The molecule has 2 aromatic heterocycles. The van der Waals surface area contributed by atoms with Crippen LogP contribution in [0.4, 0.5) is 0 Å². The van der Waals surface area contributed by atoms with Crippen molar-refractivity contribution >= 4 is 28.0 Å². The van der Waals surface area contributed by atoms with Crippen molar-refractivity contribution in [3.63, 3.8) is 0 Å². The molecule has 0 amide bonds. The number of halogens is 1. The van der Waals surface area contributed by atoms with Gasteiger partial charge in [0, 0.05) is 6.42 Å². The summed E-state index contributed by atoms with van der Waals surface area (Å²) in [6.07, 6.45) is 2.20. The van der Waals surface area contributed by atoms with Gasteiger partial charge in [-0.1, -0.05) is 13.8 Å². The van der Waals surface area contributed by atoms with Crippen molar-refractivity contribution in [2.45, 2.75) is 44.9 Å². The summed E-state index contributed by atoms with van der Waals surface area (Å²) in [5, 5.41) is 4.48. The molecule has 0 aliphatic carbocycles. The maximum Gasteiger partial charge on any atom is 0.294 e. The Hall–Kier alpha value is -2.43. The van der Waals surface area contributed by atoms with E-state index in [-0.39, 0.29) is 28.7 Å². The van der Waals surface area contributed by atoms with Crippen LogP contribution in [-0.2, 0) is 16.5 Å². The maximum absolute atomic E-state index is 12.7. The molecule has 0 saturated heterocycles. The van der Waals surface area contributed by atoms with Crippen LogP contribution in [0.25, 0.3) is 16.9 Å². The first-order valence-electron chi connectivity index (χ1n) is 8.99. The number of nitrogens with zero attached hydrogens (tertiary/aromatic N) is 3. The number of rotatable bonds is 7. The minimum absolute atomic E-state index is 0. The minimum atomic E-state index is -4.43. The Balaban J connectivity index is 0.00000300. The number of imidazole rings is 1. The van der Waals surface area contributed by atoms with Crippen LogP contribution < -0.4 is 10.3 Å². The molecule has 11 heteroatoms. The second kappa shape index (κ2) is 8.93. The highest BCUT2D eigenvalue weighted by atomic mass is 35.5. The first-order valence-corrected chi connectivity index (χ1v) is 10.4. The van der Waals surface area contributed by atoms with Crippen LogP contribution in [0.15, 0.2) is 27.9 Å². The molecule has 1 aromatic carbocycles. The van der Waals surface area contributed by atoms with Gasteiger partial charge in [-0.2, -0.15) is 8.42 Å². The SMILES string of the molecule is CCCOc1ccc(S(=O)(=O)O)cc1-c1nn2c(CCC)nc(C)c2c(=O)[nH]1.Cl. The highest BCUT2D eigenvalue weighted by Crippen LogP contribution is 2.30. The quantitative estimate of drug-likeness (QED) is 0.538. The van der Waals surface area contributed by atoms with Gasteiger partial charge in [0.25, 0.3) is 15.7 Å². The van der Waals surface area contributed by atoms with E-state index < -0.39 is 15.7 Å². The predicted octanol–water partition coefficient (Wildman–Crippen LogP) is 2.80. The van der Waals surface area contributed by atoms with E-state index in [0.29, 0.717) is 35.8 Å². The molecule has 0 fully saturated rings. The number of hydrogen-bond donors (Lipinski definition) is 2. The Bertz CT molecular complexity index is 1190. The lowest BCUT2D eigenvalue weighted by atomic mass is 10.2. The lowest BCUT2D eigenvalue weighted by Gasteiger charge is -2.12. The second-order valence-electron chi connectivity index (χ2n) is 6.41. The van der Waals surface area contributed by atoms with E-state index >= 15 is 0 Å². The fraction of sp³-hybridized carbons (Fsp3) is 0.389. The van der Waals surface area contributed by atoms with Crippen LogP contribution in [0, 0.1) is 6.92 Å². The molecule has 3 aromatic rings. The summed E-state index contributed by atoms with van der Waals surface area (Å²) in [5.74, 6) is 1.12. The monoisotopic (exact) mass is 442 g/mol. The van der Waals surface area contributed by atoms with Crippen LogP contribution in [0.3, 0.4) is 0 Å². The molecule has 0 saturated carbocycles. The van der Waals surface area contributed by atoms with Crippen LogP contribution in [0.5, 0.6) is 5.75 Å². The number of H-pyrrole nitrogens is 1. The molecule has 0 unspecified atom stereocenters. The van der Waals surface area contributed by atoms with E-state index in [1.807, 2.05) is 13.8 Å². The van der Waals surface area contributed by atoms with Crippen molar-refractivity contribution in [2.24, 2.45) is 0 Å². The van der Waals surface area contributed by atoms with Crippen molar-refractivity contribution in [1.82, 2.24) is 19.6 Å². The molecule has 0 aliphatic heterocycles. The van der Waals surface area contributed by atoms with Crippen molar-refractivity contribution < 1.29 is 17.7 Å². The van der Waals surface area contributed by atoms with Crippen LogP contribution >= 0.6 is 12.4 Å². The smallest absolute Gasteiger partial charge is 0.294 e. The molecule has 0 atom stereocenters. The lowest BCUT2D eigenvalue weighted by molar-refractivity contribution is 0.318. The first-order chi connectivity index (χ1) is 13.3. The number of aromatic amines is 1. The van der Waals surface area contributed by atoms with E-state index in [1.165, 1.54) is 22.7 Å². The Morgan fingerprint density at radius 3 is 2.59 bits per heavy atom. The van der Waals surface area contributed by atoms with E-state index in [4.69, 9.17) is 4.74 Å². The van der Waals surface area contributed by atoms with Gasteiger partial charge >= 0.3 is 0 Å². The molecule has 29 heavy (non-hydrogen) atoms. The zero-order chi connectivity index (χ0) is 20.5. The van der Waals surface area contributed by atoms with Gasteiger partial charge < -0.3 is 9.72 Å². The van der Waals surface area contributed by atoms with Gasteiger partial charge in [-0.25, -0.2) is 9.50 Å². The molecule has 0 radical (unpaired) electrons. The van der Waals surface area contributed by atoms with Gasteiger partial charge in [0.15, 0.2) is 11.3 Å². The highest BCUT2D eigenvalue weighted by molar-refractivity contribution is 7.85. The van der Waals surface area contributed by atoms with E-state index in [0.717, 1.165) is 12.8 Å². The molecular formula is C18H23ClN4O5S. The summed E-state index contributed by atoms with van der Waals surface area (Å²) >= 11 is 0. The van der Waals surface area contributed by atoms with Crippen LogP contribution in [0.1, 0.15) is 38.2 Å². The van der Waals surface area contributed by atoms with Crippen LogP contribution in [-0.4, -0.2) is 39.2 Å². The standard InChI is InChI=1S/C18H22N4O5S.ClH/c1-4-6-15-19-11(3)16-18(23)20-17(21-22(15)16)13-10-12(28(24,25)26)7-8-14(13)27-9-5-2;/h7-8,10H,4-6,9H2,1-3H3,(H,20,21,23)(H,24,25,26);1H. The first kappa shape index (κ1) is 22.9. The minimum Gasteiger partial charge on any atom is -0.493 e. The van der Waals surface area contributed by atoms with Gasteiger partial charge in [-0.15, -0.1) is 17.5 Å². The molecule has 2 heterocycles. The number of nitrogens with one attached hydrogen (secondary N) is 1. The fourth-order valence-electron chi connectivity index (χ4n) is 2.94. The number of hydrogen-bond acceptors (Lipinski definition) is 6. The molecule has 158 valence electrons. The normalized spacial score (nSPS) is 11.4. The van der Waals surface area contributed by atoms with Gasteiger partial charge in [-0.3, -0.25) is 9.35 Å². The summed E-state index contributed by atoms with van der Waals surface area (Å²) in [6.45, 7) is 6.07. The van der Waals surface area contributed by atoms with Crippen molar-refractivity contribution in [3.05, 3.63) is 40.1 Å². The second-order valence-corrected chi connectivity index (χ2v) is 7.83. The van der Waals surface area contributed by atoms with E-state index in [9.17, 15) is 17.8 Å². The Morgan fingerprint density at radius 1 is 1.24 bits per heavy atom. The number of fused-ring (bicyclic) bond motifs is 1. The van der Waals surface area contributed by atoms with Gasteiger partial charge in [0.1, 0.15) is 11.6 Å². The number of aryl methyl sites for hydroxylation is 2. The summed E-state index contributed by atoms with van der Waals surface area (Å²) in [4.78, 5) is 19.4. The van der Waals surface area contributed by atoms with Gasteiger partial charge in [0.05, 0.1) is 22.8 Å². The van der Waals surface area contributed by atoms with Crippen molar-refractivity contribution in [2.75, 3.05) is 6.61 Å². The van der Waals surface area contributed by atoms with Crippen molar-refractivity contribution in [1.29, 1.82) is 0 Å². The zero-order valence-corrected chi connectivity index (χ0v) is 17.9. The largest absolute Gasteiger partial charge is 0.493 e. The van der Waals surface area contributed by atoms with E-state index in [2.05, 4.69) is 15.1 Å². The summed E-state index contributed by atoms with van der Waals surface area (Å²) in [7, 11) is -4.43. The number of ether oxygens (including phenoxy) is 1. The van der Waals surface area contributed by atoms with E-state index in [1.54, 1.807) is 6.92 Å². The highest BCUT2D eigenvalue weighted by Gasteiger charge is 2.19. The average Bonchev–Trinajstić information content (AvgIpc) is 2.95. The summed E-state index contributed by atoms with van der Waals surface area (Å²) in [5.41, 5.74) is 0.777. The van der Waals surface area contributed by atoms with Crippen molar-refractivity contribution in [3.8, 4) is 17.1 Å². The Morgan fingerprint density at radius 2 is 1.97 bits per heavy atom. The molecular weight excluding hydrogens is 420 g/mol. The summed E-state index contributed by atoms with van der Waals surface area (Å²) in [6, 6.07) is 3.91. The molecule has 0 spiro atoms. The Kier molecular flexibility index (Phi) is 7.04. The van der Waals surface area contributed by atoms with Gasteiger partial charge in [-0.05, 0) is 38.0 Å². The molecule has 2 N–H and O–H groups in total. The lowest BCUT2D eigenvalue weighted by Crippen LogP contribution is -2.16. The molecule has 9 nitrogen and oxygen atoms in total. The Labute approximate surface area is 174 Å². The third kappa shape index (κ3) is 4.60. The summed E-state index contributed by atoms with van der Waals surface area (Å²) < 4.78 is 39.7. The van der Waals surface area contributed by atoms with Gasteiger partial charge in [0.2, 0.25) is 0 Å². The zero-order valence-electron chi connectivity index (χ0n) is 16.3. The maximum atomic E-state index is 12.7. The fourth-order valence-corrected chi connectivity index (χ4v) is 3.44. The molecule has 3 rings (SSSR count). The van der Waals surface area contributed by atoms with Crippen LogP contribution in [0.2, 0.25) is 0 Å². The number of aromatic nitrogens is 4. The molecule has 0 bridgehead atoms. The third-order valence-electron chi connectivity index (χ3n) is 4.18. The predicted molar refractivity (Wildman–Crippen MR) is 111 cm³/mol. The number of benzene rings is 1.